The fourth-order valence-electron chi connectivity index (χ4n) is 2.19. The first-order valence-corrected chi connectivity index (χ1v) is 6.55. The first-order valence-electron chi connectivity index (χ1n) is 6.55. The van der Waals surface area contributed by atoms with E-state index in [0.29, 0.717) is 0 Å². The Kier molecular flexibility index (Phi) is 4.38. The van der Waals surface area contributed by atoms with E-state index in [1.165, 1.54) is 6.42 Å². The lowest BCUT2D eigenvalue weighted by molar-refractivity contribution is 0.587. The average Bonchev–Trinajstić information content (AvgIpc) is 2.82. The molecule has 0 saturated carbocycles. The number of nitrogens with zero attached hydrogens (tertiary/aromatic N) is 2. The molecule has 1 aromatic carbocycles. The summed E-state index contributed by atoms with van der Waals surface area (Å²) >= 11 is 0. The SMILES string of the molecule is CCCNCCCn1ccc2c(C#N)cccc21. The first-order chi connectivity index (χ1) is 8.86. The Bertz CT molecular complexity index is 548. The van der Waals surface area contributed by atoms with Crippen LogP contribution < -0.4 is 5.32 Å². The van der Waals surface area contributed by atoms with Gasteiger partial charge < -0.3 is 9.88 Å². The van der Waals surface area contributed by atoms with Gasteiger partial charge in [-0.2, -0.15) is 5.26 Å². The van der Waals surface area contributed by atoms with E-state index in [0.717, 1.165) is 42.5 Å². The highest BCUT2D eigenvalue weighted by molar-refractivity contribution is 5.85. The molecule has 0 radical (unpaired) electrons. The summed E-state index contributed by atoms with van der Waals surface area (Å²) in [6.07, 6.45) is 4.36. The molecule has 3 nitrogen and oxygen atoms in total. The van der Waals surface area contributed by atoms with Gasteiger partial charge in [-0.05, 0) is 44.1 Å². The molecule has 0 spiro atoms. The van der Waals surface area contributed by atoms with Crippen molar-refractivity contribution in [3.05, 3.63) is 36.0 Å². The second kappa shape index (κ2) is 6.23. The third-order valence-electron chi connectivity index (χ3n) is 3.11. The zero-order valence-corrected chi connectivity index (χ0v) is 10.8. The summed E-state index contributed by atoms with van der Waals surface area (Å²) in [5.74, 6) is 0. The van der Waals surface area contributed by atoms with Gasteiger partial charge in [-0.1, -0.05) is 13.0 Å². The van der Waals surface area contributed by atoms with E-state index >= 15 is 0 Å². The fourth-order valence-corrected chi connectivity index (χ4v) is 2.19. The zero-order chi connectivity index (χ0) is 12.8. The molecule has 0 unspecified atom stereocenters. The first kappa shape index (κ1) is 12.7. The minimum atomic E-state index is 0.760. The van der Waals surface area contributed by atoms with Crippen molar-refractivity contribution in [2.75, 3.05) is 13.1 Å². The molecule has 0 atom stereocenters. The van der Waals surface area contributed by atoms with Crippen LogP contribution in [0.15, 0.2) is 30.5 Å². The van der Waals surface area contributed by atoms with Crippen LogP contribution in [0.1, 0.15) is 25.3 Å². The maximum absolute atomic E-state index is 9.05. The van der Waals surface area contributed by atoms with Crippen LogP contribution in [-0.4, -0.2) is 17.7 Å². The van der Waals surface area contributed by atoms with Gasteiger partial charge in [0.05, 0.1) is 11.6 Å². The average molecular weight is 241 g/mol. The van der Waals surface area contributed by atoms with Crippen molar-refractivity contribution in [3.8, 4) is 6.07 Å². The summed E-state index contributed by atoms with van der Waals surface area (Å²) in [4.78, 5) is 0. The molecule has 1 heterocycles. The van der Waals surface area contributed by atoms with Crippen LogP contribution in [0, 0.1) is 11.3 Å². The monoisotopic (exact) mass is 241 g/mol. The van der Waals surface area contributed by atoms with Gasteiger partial charge in [-0.15, -0.1) is 0 Å². The summed E-state index contributed by atoms with van der Waals surface area (Å²) in [7, 11) is 0. The summed E-state index contributed by atoms with van der Waals surface area (Å²) < 4.78 is 2.23. The van der Waals surface area contributed by atoms with Crippen molar-refractivity contribution in [2.45, 2.75) is 26.3 Å². The Morgan fingerprint density at radius 1 is 1.28 bits per heavy atom. The van der Waals surface area contributed by atoms with Gasteiger partial charge in [-0.25, -0.2) is 0 Å². The lowest BCUT2D eigenvalue weighted by atomic mass is 10.1. The van der Waals surface area contributed by atoms with Gasteiger partial charge in [0.2, 0.25) is 0 Å². The number of hydrogen-bond acceptors (Lipinski definition) is 2. The largest absolute Gasteiger partial charge is 0.347 e. The zero-order valence-electron chi connectivity index (χ0n) is 10.8. The van der Waals surface area contributed by atoms with Crippen molar-refractivity contribution < 1.29 is 0 Å². The number of benzene rings is 1. The molecular weight excluding hydrogens is 222 g/mol. The standard InChI is InChI=1S/C15H19N3/c1-2-8-17-9-4-10-18-11-7-14-13(12-16)5-3-6-15(14)18/h3,5-7,11,17H,2,4,8-10H2,1H3. The van der Waals surface area contributed by atoms with E-state index in [4.69, 9.17) is 5.26 Å². The summed E-state index contributed by atoms with van der Waals surface area (Å²) in [6.45, 7) is 5.31. The highest BCUT2D eigenvalue weighted by atomic mass is 15.0. The van der Waals surface area contributed by atoms with Gasteiger partial charge in [0.25, 0.3) is 0 Å². The van der Waals surface area contributed by atoms with E-state index in [2.05, 4.69) is 35.1 Å². The molecule has 0 saturated heterocycles. The minimum absolute atomic E-state index is 0.760. The Labute approximate surface area is 108 Å². The van der Waals surface area contributed by atoms with Crippen LogP contribution in [0.2, 0.25) is 0 Å². The number of hydrogen-bond donors (Lipinski definition) is 1. The molecule has 0 fully saturated rings. The lowest BCUT2D eigenvalue weighted by Crippen LogP contribution is -2.17. The Morgan fingerprint density at radius 2 is 2.17 bits per heavy atom. The van der Waals surface area contributed by atoms with Crippen LogP contribution in [0.25, 0.3) is 10.9 Å². The molecule has 2 rings (SSSR count). The Hall–Kier alpha value is -1.79. The lowest BCUT2D eigenvalue weighted by Gasteiger charge is -2.06. The van der Waals surface area contributed by atoms with Gasteiger partial charge >= 0.3 is 0 Å². The molecule has 18 heavy (non-hydrogen) atoms. The summed E-state index contributed by atoms with van der Waals surface area (Å²) in [5, 5.41) is 13.5. The van der Waals surface area contributed by atoms with Crippen molar-refractivity contribution in [3.63, 3.8) is 0 Å². The molecule has 0 aliphatic heterocycles. The molecule has 1 aromatic heterocycles. The minimum Gasteiger partial charge on any atom is -0.347 e. The highest BCUT2D eigenvalue weighted by Crippen LogP contribution is 2.19. The third-order valence-corrected chi connectivity index (χ3v) is 3.11. The van der Waals surface area contributed by atoms with Crippen LogP contribution in [0.5, 0.6) is 0 Å². The Morgan fingerprint density at radius 3 is 2.94 bits per heavy atom. The predicted molar refractivity (Wildman–Crippen MR) is 74.4 cm³/mol. The molecule has 2 aromatic rings. The Balaban J connectivity index is 2.04. The van der Waals surface area contributed by atoms with Crippen molar-refractivity contribution in [2.24, 2.45) is 0 Å². The fraction of sp³-hybridized carbons (Fsp3) is 0.400. The van der Waals surface area contributed by atoms with Gasteiger partial charge in [0.1, 0.15) is 0 Å². The second-order valence-corrected chi connectivity index (χ2v) is 4.46. The predicted octanol–water partition coefficient (Wildman–Crippen LogP) is 2.90. The number of aromatic nitrogens is 1. The molecule has 1 N–H and O–H groups in total. The van der Waals surface area contributed by atoms with E-state index in [1.807, 2.05) is 18.2 Å². The maximum Gasteiger partial charge on any atom is 0.0998 e. The highest BCUT2D eigenvalue weighted by Gasteiger charge is 2.04. The molecule has 0 amide bonds. The maximum atomic E-state index is 9.05. The topological polar surface area (TPSA) is 40.8 Å². The van der Waals surface area contributed by atoms with Crippen molar-refractivity contribution in [1.29, 1.82) is 5.26 Å². The van der Waals surface area contributed by atoms with Crippen LogP contribution in [0.4, 0.5) is 0 Å². The second-order valence-electron chi connectivity index (χ2n) is 4.46. The number of nitriles is 1. The van der Waals surface area contributed by atoms with Crippen molar-refractivity contribution >= 4 is 10.9 Å². The molecule has 0 bridgehead atoms. The molecular formula is C15H19N3. The van der Waals surface area contributed by atoms with E-state index in [-0.39, 0.29) is 0 Å². The van der Waals surface area contributed by atoms with E-state index < -0.39 is 0 Å². The number of fused-ring (bicyclic) bond motifs is 1. The van der Waals surface area contributed by atoms with Gasteiger partial charge in [0.15, 0.2) is 0 Å². The van der Waals surface area contributed by atoms with E-state index in [9.17, 15) is 0 Å². The quantitative estimate of drug-likeness (QED) is 0.790. The smallest absolute Gasteiger partial charge is 0.0998 e. The molecule has 94 valence electrons. The van der Waals surface area contributed by atoms with Crippen molar-refractivity contribution in [1.82, 2.24) is 9.88 Å². The molecule has 0 aliphatic rings. The number of nitrogens with one attached hydrogen (secondary N) is 1. The number of rotatable bonds is 6. The normalized spacial score (nSPS) is 10.7. The summed E-state index contributed by atoms with van der Waals surface area (Å²) in [6, 6.07) is 10.2. The molecule has 3 heteroatoms. The van der Waals surface area contributed by atoms with Gasteiger partial charge in [-0.3, -0.25) is 0 Å². The molecule has 0 aliphatic carbocycles. The van der Waals surface area contributed by atoms with Gasteiger partial charge in [0, 0.05) is 23.6 Å². The summed E-state index contributed by atoms with van der Waals surface area (Å²) in [5.41, 5.74) is 1.92. The van der Waals surface area contributed by atoms with Crippen LogP contribution in [-0.2, 0) is 6.54 Å². The third kappa shape index (κ3) is 2.72. The van der Waals surface area contributed by atoms with E-state index in [1.54, 1.807) is 0 Å². The van der Waals surface area contributed by atoms with Crippen LogP contribution in [0.3, 0.4) is 0 Å². The number of aryl methyl sites for hydroxylation is 1. The van der Waals surface area contributed by atoms with Crippen LogP contribution >= 0.6 is 0 Å².